The molecule has 96 heavy (non-hydrogen) atoms. The third-order valence-electron chi connectivity index (χ3n) is 17.1. The Balaban J connectivity index is 1.27. The second-order valence-corrected chi connectivity index (χ2v) is 28.3. The van der Waals surface area contributed by atoms with Gasteiger partial charge in [-0.1, -0.05) is 67.5 Å². The number of primary amides is 2. The van der Waals surface area contributed by atoms with Crippen LogP contribution in [-0.4, -0.2) is 223 Å². The number of carbonyl (C=O) groups is 11. The van der Waals surface area contributed by atoms with E-state index < -0.39 is 112 Å². The molecule has 532 valence electrons. The van der Waals surface area contributed by atoms with Gasteiger partial charge in [-0.05, 0) is 88.7 Å². The van der Waals surface area contributed by atoms with Gasteiger partial charge >= 0.3 is 0 Å². The Kier molecular flexibility index (Phi) is 27.7. The van der Waals surface area contributed by atoms with Crippen LogP contribution >= 0.6 is 0 Å². The van der Waals surface area contributed by atoms with Crippen molar-refractivity contribution in [2.75, 3.05) is 73.5 Å². The van der Waals surface area contributed by atoms with Crippen LogP contribution in [0.2, 0.25) is 0 Å². The molecule has 4 heterocycles. The summed E-state index contributed by atoms with van der Waals surface area (Å²) < 4.78 is 1.70. The maximum absolute atomic E-state index is 14.0. The van der Waals surface area contributed by atoms with E-state index in [1.165, 1.54) is 40.4 Å². The zero-order valence-corrected chi connectivity index (χ0v) is 58.1. The van der Waals surface area contributed by atoms with Crippen molar-refractivity contribution >= 4 is 65.0 Å². The second-order valence-electron chi connectivity index (χ2n) is 28.3. The number of nitrogens with one attached hydrogen (secondary N) is 11. The number of rotatable bonds is 31. The van der Waals surface area contributed by atoms with Crippen LogP contribution < -0.4 is 81.4 Å². The van der Waals surface area contributed by atoms with Crippen molar-refractivity contribution in [1.82, 2.24) is 88.2 Å². The van der Waals surface area contributed by atoms with Crippen LogP contribution in [-0.2, 0) is 44.8 Å². The topological polar surface area (TPSA) is 465 Å². The first-order chi connectivity index (χ1) is 44.9. The molecule has 3 saturated heterocycles. The molecule has 3 aliphatic heterocycles. The number of likely N-dealkylation sites (N-methyl/N-ethyl adjacent to an activating group) is 3. The summed E-state index contributed by atoms with van der Waals surface area (Å²) in [6, 6.07) is -2.44. The molecule has 0 bridgehead atoms. The van der Waals surface area contributed by atoms with Crippen LogP contribution in [0.4, 0.5) is 0 Å². The fourth-order valence-electron chi connectivity index (χ4n) is 11.5. The van der Waals surface area contributed by atoms with Gasteiger partial charge in [0.25, 0.3) is 17.7 Å². The van der Waals surface area contributed by atoms with E-state index in [1.54, 1.807) is 85.4 Å². The Bertz CT molecular complexity index is 3200. The van der Waals surface area contributed by atoms with E-state index in [1.807, 2.05) is 27.7 Å². The fourth-order valence-corrected chi connectivity index (χ4v) is 11.5. The Morgan fingerprint density at radius 2 is 0.958 bits per heavy atom. The van der Waals surface area contributed by atoms with Crippen molar-refractivity contribution in [2.45, 2.75) is 175 Å². The zero-order chi connectivity index (χ0) is 71.7. The maximum Gasteiger partial charge on any atom is 0.251 e. The highest BCUT2D eigenvalue weighted by atomic mass is 16.2. The predicted molar refractivity (Wildman–Crippen MR) is 359 cm³/mol. The number of hydrogen-bond acceptors (Lipinski definition) is 20. The highest BCUT2D eigenvalue weighted by molar-refractivity contribution is 6.04. The molecule has 32 nitrogen and oxygen atoms in total. The van der Waals surface area contributed by atoms with Gasteiger partial charge in [-0.3, -0.25) is 52.7 Å². The average Bonchev–Trinajstić information content (AvgIpc) is 1.65. The summed E-state index contributed by atoms with van der Waals surface area (Å²) in [5.41, 5.74) is 23.4. The van der Waals surface area contributed by atoms with Gasteiger partial charge in [-0.15, -0.1) is 5.10 Å². The van der Waals surface area contributed by atoms with Crippen LogP contribution in [0, 0.1) is 16.2 Å². The fraction of sp³-hybridized carbons (Fsp3) is 0.641. The van der Waals surface area contributed by atoms with Crippen molar-refractivity contribution in [3.05, 3.63) is 70.6 Å². The number of nitrogens with zero attached hydrogens (tertiary/aromatic N) is 6. The molecule has 3 aliphatic rings. The summed E-state index contributed by atoms with van der Waals surface area (Å²) >= 11 is 0. The van der Waals surface area contributed by atoms with Gasteiger partial charge in [-0.2, -0.15) is 0 Å². The van der Waals surface area contributed by atoms with Crippen LogP contribution in [0.5, 0.6) is 0 Å². The Morgan fingerprint density at radius 1 is 0.562 bits per heavy atom. The molecule has 0 spiro atoms. The highest BCUT2D eigenvalue weighted by Crippen LogP contribution is 2.32. The molecule has 19 N–H and O–H groups in total. The number of benzene rings is 1. The largest absolute Gasteiger partial charge is 0.401 e. The molecule has 0 saturated carbocycles. The summed E-state index contributed by atoms with van der Waals surface area (Å²) in [4.78, 5) is 152. The number of nitrogens with two attached hydrogens (primary N) is 4. The van der Waals surface area contributed by atoms with Gasteiger partial charge < -0.3 is 96.1 Å². The van der Waals surface area contributed by atoms with E-state index in [2.05, 4.69) is 68.8 Å². The van der Waals surface area contributed by atoms with Gasteiger partial charge in [-0.25, -0.2) is 4.68 Å². The summed E-state index contributed by atoms with van der Waals surface area (Å²) in [5, 5.41) is 40.3. The number of aromatic nitrogens is 3. The van der Waals surface area contributed by atoms with Gasteiger partial charge in [0.15, 0.2) is 0 Å². The minimum Gasteiger partial charge on any atom is -0.401 e. The minimum absolute atomic E-state index is 0.00401. The number of amides is 11. The van der Waals surface area contributed by atoms with Gasteiger partial charge in [0.1, 0.15) is 30.2 Å². The first-order valence-electron chi connectivity index (χ1n) is 32.6. The van der Waals surface area contributed by atoms with Crippen molar-refractivity contribution in [2.24, 2.45) is 39.2 Å². The number of hydrogen-bond donors (Lipinski definition) is 15. The molecule has 1 aromatic heterocycles. The second kappa shape index (κ2) is 34.2. The number of carbonyl (C=O) groups excluding carboxylic acids is 11. The third-order valence-corrected chi connectivity index (χ3v) is 17.1. The van der Waals surface area contributed by atoms with E-state index in [0.717, 1.165) is 0 Å². The van der Waals surface area contributed by atoms with Crippen molar-refractivity contribution in [1.29, 1.82) is 0 Å². The predicted octanol–water partition coefficient (Wildman–Crippen LogP) is -3.02. The third kappa shape index (κ3) is 21.8. The molecule has 32 heteroatoms. The van der Waals surface area contributed by atoms with Gasteiger partial charge in [0, 0.05) is 123 Å². The molecule has 10 atom stereocenters. The first-order valence-corrected chi connectivity index (χ1v) is 32.6. The smallest absolute Gasteiger partial charge is 0.251 e. The quantitative estimate of drug-likeness (QED) is 0.0357. The lowest BCUT2D eigenvalue weighted by Gasteiger charge is -2.35. The lowest BCUT2D eigenvalue weighted by atomic mass is 9.85. The van der Waals surface area contributed by atoms with Gasteiger partial charge in [0.2, 0.25) is 47.3 Å². The van der Waals surface area contributed by atoms with E-state index in [-0.39, 0.29) is 124 Å². The van der Waals surface area contributed by atoms with Crippen LogP contribution in [0.25, 0.3) is 0 Å². The monoisotopic (exact) mass is 1340 g/mol. The molecule has 3 fully saturated rings. The average molecular weight is 1340 g/mol. The van der Waals surface area contributed by atoms with Crippen LogP contribution in [0.15, 0.2) is 48.2 Å². The normalized spacial score (nSPS) is 20.5. The Hall–Kier alpha value is -8.91. The standard InChI is InChI=1S/C64H105N21O11/c1-35-21-45(34-82(35)59(94)50(62(3,4)5)77-48(86)29-69-12)85-33-42(80-81-85)17-20-74-58(93)39-23-37(56(91)72-18-15-40(65)27-75-43-25-46(53(67)88)83(31-43)60(95)51(63(6,7)8)78-49(87)30-70-13)22-38(24-39)57(92)73-19-16-41(66)28-76-44-26-47(54(68)89)84(32-44)61(96)52(64(9,10)11)79-55(90)36(2)71-14/h22-24,27-28,33,35-36,43-47,50-52,69-71,75-76H,15-21,25-26,29-32,34,65-66H2,1-14H3,(H2,67,88)(H2,68,89)(H,72,91)(H,73,92)(H,74,93)(H,77,86)(H,78,87)(H,79,90)/b40-27-,41-28-/t35-,36+,43+,44+,45+,46+,47+,50?,51-,52?/m1/s1. The van der Waals surface area contributed by atoms with Crippen LogP contribution in [0.3, 0.4) is 0 Å². The first kappa shape index (κ1) is 77.8. The van der Waals surface area contributed by atoms with E-state index >= 15 is 0 Å². The lowest BCUT2D eigenvalue weighted by molar-refractivity contribution is -0.143. The van der Waals surface area contributed by atoms with E-state index in [4.69, 9.17) is 22.9 Å². The maximum atomic E-state index is 14.0. The molecule has 2 unspecified atom stereocenters. The Labute approximate surface area is 562 Å². The zero-order valence-electron chi connectivity index (χ0n) is 58.1. The van der Waals surface area contributed by atoms with E-state index in [0.29, 0.717) is 30.1 Å². The summed E-state index contributed by atoms with van der Waals surface area (Å²) in [6.07, 6.45) is 6.20. The summed E-state index contributed by atoms with van der Waals surface area (Å²) in [7, 11) is 4.88. The molecule has 1 aromatic carbocycles. The molecule has 5 rings (SSSR count). The van der Waals surface area contributed by atoms with Crippen molar-refractivity contribution < 1.29 is 52.7 Å². The minimum atomic E-state index is -0.971. The molecule has 0 radical (unpaired) electrons. The molecule has 11 amide bonds. The molecule has 2 aromatic rings. The molecular formula is C64H105N21O11. The van der Waals surface area contributed by atoms with Crippen LogP contribution in [0.1, 0.15) is 151 Å². The van der Waals surface area contributed by atoms with Gasteiger partial charge in [0.05, 0.1) is 30.9 Å². The van der Waals surface area contributed by atoms with E-state index in [9.17, 15) is 52.7 Å². The Morgan fingerprint density at radius 3 is 1.34 bits per heavy atom. The summed E-state index contributed by atoms with van der Waals surface area (Å²) in [6.45, 7) is 20.7. The number of likely N-dealkylation sites (tertiary alicyclic amines) is 3. The molecular weight excluding hydrogens is 1240 g/mol. The SMILES string of the molecule is CNCC(=O)NC(C(=O)N1C[C@@H](n2cc(CCNC(=O)c3cc(C(=O)NCC/C(N)=C/N[C@H]4C[C@@H](C(N)=O)N(C(=O)C(NC(=O)[C@H](C)NC)C(C)(C)C)C4)cc(C(=O)NCC/C(N)=C/N[C@H]4C[C@@H](C(N)=O)N(C(=O)[C@@H](NC(=O)CNC)C(C)(C)C)C4)c3)nn2)C[C@H]1C)C(C)(C)C. The molecule has 0 aliphatic carbocycles. The summed E-state index contributed by atoms with van der Waals surface area (Å²) in [5.74, 6) is -5.50. The van der Waals surface area contributed by atoms with Crippen molar-refractivity contribution in [3.63, 3.8) is 0 Å². The lowest BCUT2D eigenvalue weighted by Crippen LogP contribution is -2.59. The highest BCUT2D eigenvalue weighted by Gasteiger charge is 2.47. The van der Waals surface area contributed by atoms with Crippen molar-refractivity contribution in [3.8, 4) is 0 Å².